The summed E-state index contributed by atoms with van der Waals surface area (Å²) in [6.07, 6.45) is 0. The van der Waals surface area contributed by atoms with Crippen LogP contribution in [0.1, 0.15) is 21.9 Å². The molecule has 108 valence electrons. The van der Waals surface area contributed by atoms with Crippen molar-refractivity contribution in [3.8, 4) is 11.6 Å². The molecule has 0 saturated carbocycles. The number of anilines is 1. The van der Waals surface area contributed by atoms with Crippen LogP contribution >= 0.6 is 0 Å². The molecule has 3 heterocycles. The maximum absolute atomic E-state index is 11.9. The van der Waals surface area contributed by atoms with Gasteiger partial charge in [0.25, 0.3) is 11.8 Å². The molecule has 0 saturated heterocycles. The van der Waals surface area contributed by atoms with Crippen LogP contribution in [0.4, 0.5) is 6.01 Å². The number of amides is 1. The Morgan fingerprint density at radius 3 is 2.71 bits per heavy atom. The smallest absolute Gasteiger partial charge is 0.322 e. The van der Waals surface area contributed by atoms with Crippen molar-refractivity contribution in [3.63, 3.8) is 0 Å². The summed E-state index contributed by atoms with van der Waals surface area (Å²) in [4.78, 5) is 11.9. The van der Waals surface area contributed by atoms with Crippen molar-refractivity contribution in [2.75, 3.05) is 5.32 Å². The molecule has 0 fully saturated rings. The fraction of sp³-hybridized carbons (Fsp3) is 0.250. The number of carbonyl (C=O) groups excluding carboxylic acids is 1. The monoisotopic (exact) mass is 288 g/mol. The van der Waals surface area contributed by atoms with E-state index >= 15 is 0 Å². The van der Waals surface area contributed by atoms with E-state index in [0.29, 0.717) is 11.5 Å². The standard InChI is InChI=1S/C12H12N6O3/c1-6-4-9(18(3)16-6)11-14-15-12(20-11)13-10(19)8-5-7(2)21-17-8/h4-5H,1-3H3,(H,13,15,19). The Morgan fingerprint density at radius 1 is 1.29 bits per heavy atom. The summed E-state index contributed by atoms with van der Waals surface area (Å²) < 4.78 is 11.8. The van der Waals surface area contributed by atoms with Crippen LogP contribution < -0.4 is 5.32 Å². The highest BCUT2D eigenvalue weighted by molar-refractivity contribution is 6.01. The molecule has 0 aliphatic heterocycles. The van der Waals surface area contributed by atoms with E-state index in [1.807, 2.05) is 6.92 Å². The van der Waals surface area contributed by atoms with Gasteiger partial charge in [0.2, 0.25) is 0 Å². The maximum Gasteiger partial charge on any atom is 0.322 e. The number of aromatic nitrogens is 5. The Hall–Kier alpha value is -2.97. The van der Waals surface area contributed by atoms with Gasteiger partial charge in [0, 0.05) is 13.1 Å². The van der Waals surface area contributed by atoms with E-state index in [-0.39, 0.29) is 17.6 Å². The molecule has 0 spiro atoms. The zero-order valence-corrected chi connectivity index (χ0v) is 11.6. The largest absolute Gasteiger partial charge is 0.401 e. The third-order valence-corrected chi connectivity index (χ3v) is 2.73. The Labute approximate surface area is 118 Å². The van der Waals surface area contributed by atoms with Crippen molar-refractivity contribution >= 4 is 11.9 Å². The van der Waals surface area contributed by atoms with E-state index in [1.165, 1.54) is 6.07 Å². The molecule has 9 nitrogen and oxygen atoms in total. The van der Waals surface area contributed by atoms with Gasteiger partial charge in [0.15, 0.2) is 5.69 Å². The van der Waals surface area contributed by atoms with E-state index in [4.69, 9.17) is 8.94 Å². The van der Waals surface area contributed by atoms with Crippen molar-refractivity contribution in [1.29, 1.82) is 0 Å². The minimum Gasteiger partial charge on any atom is -0.401 e. The number of rotatable bonds is 3. The predicted molar refractivity (Wildman–Crippen MR) is 70.4 cm³/mol. The Kier molecular flexibility index (Phi) is 3.01. The normalized spacial score (nSPS) is 10.8. The average molecular weight is 288 g/mol. The Morgan fingerprint density at radius 2 is 2.10 bits per heavy atom. The topological polar surface area (TPSA) is 112 Å². The second-order valence-corrected chi connectivity index (χ2v) is 4.48. The number of carbonyl (C=O) groups is 1. The van der Waals surface area contributed by atoms with Gasteiger partial charge in [-0.2, -0.15) is 5.10 Å². The molecular weight excluding hydrogens is 276 g/mol. The van der Waals surface area contributed by atoms with E-state index < -0.39 is 5.91 Å². The maximum atomic E-state index is 11.9. The van der Waals surface area contributed by atoms with Crippen molar-refractivity contribution in [2.45, 2.75) is 13.8 Å². The van der Waals surface area contributed by atoms with Gasteiger partial charge >= 0.3 is 6.01 Å². The first-order valence-corrected chi connectivity index (χ1v) is 6.12. The van der Waals surface area contributed by atoms with E-state index in [1.54, 1.807) is 24.7 Å². The molecule has 0 radical (unpaired) electrons. The lowest BCUT2D eigenvalue weighted by atomic mass is 10.3. The van der Waals surface area contributed by atoms with Gasteiger partial charge in [-0.25, -0.2) is 0 Å². The lowest BCUT2D eigenvalue weighted by Gasteiger charge is -1.95. The number of nitrogens with zero attached hydrogens (tertiary/aromatic N) is 5. The SMILES string of the molecule is Cc1cc(-c2nnc(NC(=O)c3cc(C)on3)o2)n(C)n1. The summed E-state index contributed by atoms with van der Waals surface area (Å²) in [6, 6.07) is 3.30. The first-order valence-electron chi connectivity index (χ1n) is 6.12. The van der Waals surface area contributed by atoms with Gasteiger partial charge in [0.05, 0.1) is 5.69 Å². The van der Waals surface area contributed by atoms with Crippen LogP contribution in [0.25, 0.3) is 11.6 Å². The summed E-state index contributed by atoms with van der Waals surface area (Å²) in [5, 5.41) is 17.9. The van der Waals surface area contributed by atoms with Crippen LogP contribution in [0.5, 0.6) is 0 Å². The van der Waals surface area contributed by atoms with Crippen LogP contribution in [0.3, 0.4) is 0 Å². The van der Waals surface area contributed by atoms with Gasteiger partial charge in [-0.1, -0.05) is 10.3 Å². The molecule has 0 aromatic carbocycles. The van der Waals surface area contributed by atoms with E-state index in [0.717, 1.165) is 5.69 Å². The number of hydrogen-bond acceptors (Lipinski definition) is 7. The Bertz CT molecular complexity index is 800. The minimum absolute atomic E-state index is 0.0190. The van der Waals surface area contributed by atoms with Crippen molar-refractivity contribution in [2.24, 2.45) is 7.05 Å². The Balaban J connectivity index is 1.79. The van der Waals surface area contributed by atoms with Crippen molar-refractivity contribution in [3.05, 3.63) is 29.3 Å². The zero-order valence-electron chi connectivity index (χ0n) is 11.6. The van der Waals surface area contributed by atoms with E-state index in [2.05, 4.69) is 25.8 Å². The molecule has 3 aromatic heterocycles. The molecule has 0 unspecified atom stereocenters. The fourth-order valence-corrected chi connectivity index (χ4v) is 1.82. The molecule has 9 heteroatoms. The molecule has 21 heavy (non-hydrogen) atoms. The molecule has 3 aromatic rings. The quantitative estimate of drug-likeness (QED) is 0.773. The second-order valence-electron chi connectivity index (χ2n) is 4.48. The summed E-state index contributed by atoms with van der Waals surface area (Å²) >= 11 is 0. The van der Waals surface area contributed by atoms with Gasteiger partial charge in [-0.05, 0) is 19.9 Å². The van der Waals surface area contributed by atoms with Crippen LogP contribution in [0.15, 0.2) is 21.1 Å². The molecule has 0 aliphatic rings. The third kappa shape index (κ3) is 2.53. The lowest BCUT2D eigenvalue weighted by molar-refractivity contribution is 0.101. The highest BCUT2D eigenvalue weighted by atomic mass is 16.5. The number of hydrogen-bond donors (Lipinski definition) is 1. The first-order chi connectivity index (χ1) is 10.0. The fourth-order valence-electron chi connectivity index (χ4n) is 1.82. The summed E-state index contributed by atoms with van der Waals surface area (Å²) in [5.74, 6) is 0.324. The van der Waals surface area contributed by atoms with Crippen LogP contribution in [0.2, 0.25) is 0 Å². The zero-order chi connectivity index (χ0) is 15.0. The molecule has 1 amide bonds. The van der Waals surface area contributed by atoms with Crippen LogP contribution in [-0.4, -0.2) is 31.0 Å². The first kappa shape index (κ1) is 13.0. The highest BCUT2D eigenvalue weighted by Gasteiger charge is 2.17. The van der Waals surface area contributed by atoms with Gasteiger partial charge in [-0.15, -0.1) is 5.10 Å². The summed E-state index contributed by atoms with van der Waals surface area (Å²) in [6.45, 7) is 3.55. The van der Waals surface area contributed by atoms with E-state index in [9.17, 15) is 4.79 Å². The average Bonchev–Trinajstić information content (AvgIpc) is 3.10. The molecule has 0 aliphatic carbocycles. The van der Waals surface area contributed by atoms with Gasteiger partial charge in [-0.3, -0.25) is 14.8 Å². The van der Waals surface area contributed by atoms with Gasteiger partial charge in [0.1, 0.15) is 11.5 Å². The molecule has 1 N–H and O–H groups in total. The highest BCUT2D eigenvalue weighted by Crippen LogP contribution is 2.20. The van der Waals surface area contributed by atoms with Crippen molar-refractivity contribution < 1.29 is 13.7 Å². The summed E-state index contributed by atoms with van der Waals surface area (Å²) in [5.41, 5.74) is 1.63. The molecule has 0 atom stereocenters. The van der Waals surface area contributed by atoms with Crippen LogP contribution in [-0.2, 0) is 7.05 Å². The second kappa shape index (κ2) is 4.85. The predicted octanol–water partition coefficient (Wildman–Crippen LogP) is 1.33. The van der Waals surface area contributed by atoms with Gasteiger partial charge < -0.3 is 8.94 Å². The van der Waals surface area contributed by atoms with Crippen molar-refractivity contribution in [1.82, 2.24) is 25.1 Å². The number of nitrogens with one attached hydrogen (secondary N) is 1. The minimum atomic E-state index is -0.483. The third-order valence-electron chi connectivity index (χ3n) is 2.73. The molecule has 0 bridgehead atoms. The van der Waals surface area contributed by atoms with Crippen LogP contribution in [0, 0.1) is 13.8 Å². The number of aryl methyl sites for hydroxylation is 3. The molecular formula is C12H12N6O3. The lowest BCUT2D eigenvalue weighted by Crippen LogP contribution is -2.12. The molecule has 3 rings (SSSR count). The summed E-state index contributed by atoms with van der Waals surface area (Å²) in [7, 11) is 1.77.